The van der Waals surface area contributed by atoms with Crippen molar-refractivity contribution in [3.63, 3.8) is 0 Å². The van der Waals surface area contributed by atoms with Gasteiger partial charge in [0.1, 0.15) is 11.5 Å². The molecular formula is C43H54F17NO8Si. The van der Waals surface area contributed by atoms with Gasteiger partial charge < -0.3 is 33.8 Å². The summed E-state index contributed by atoms with van der Waals surface area (Å²) in [5.74, 6) is -60.4. The highest BCUT2D eigenvalue weighted by molar-refractivity contribution is 6.76. The number of amides is 1. The average molecular weight is 1060 g/mol. The van der Waals surface area contributed by atoms with Crippen LogP contribution in [-0.4, -0.2) is 113 Å². The molecule has 2 N–H and O–H groups in total. The maximum absolute atomic E-state index is 15.1. The summed E-state index contributed by atoms with van der Waals surface area (Å²) in [4.78, 5) is 25.7. The first-order chi connectivity index (χ1) is 31.8. The van der Waals surface area contributed by atoms with E-state index in [1.165, 1.54) is 73.1 Å². The van der Waals surface area contributed by atoms with E-state index >= 15 is 8.78 Å². The third-order valence-electron chi connectivity index (χ3n) is 10.7. The number of benzene rings is 1. The van der Waals surface area contributed by atoms with E-state index in [0.29, 0.717) is 24.5 Å². The van der Waals surface area contributed by atoms with Crippen LogP contribution in [0.2, 0.25) is 17.1 Å². The van der Waals surface area contributed by atoms with E-state index in [1.54, 1.807) is 31.2 Å². The Morgan fingerprint density at radius 2 is 1.26 bits per heavy atom. The Hall–Kier alpha value is -4.37. The first kappa shape index (κ1) is 63.6. The number of methoxy groups -OCH3 is 1. The molecule has 0 aromatic heterocycles. The molecule has 27 heteroatoms. The zero-order chi connectivity index (χ0) is 54.5. The fraction of sp³-hybridized carbons (Fsp3) is 0.628. The van der Waals surface area contributed by atoms with Gasteiger partial charge in [-0.1, -0.05) is 64.5 Å². The molecule has 0 heterocycles. The van der Waals surface area contributed by atoms with Crippen LogP contribution >= 0.6 is 0 Å². The summed E-state index contributed by atoms with van der Waals surface area (Å²) in [7, 11) is -2.55. The lowest BCUT2D eigenvalue weighted by Crippen LogP contribution is -2.74. The SMILES string of the molecule is CCOC(=O)\C(C(=O)N/C=C/c1ccc(OCOCCOC)cc1)=C(O)/C=C/C(C)=C/[C@H](CC)CO[Si](CCC(F)(F)C(F)(F)C(F)(F)C(F)(F)C(F)(F)C(F)(F)C(F)(F)C(F)(F)F)(C(C)C)C(C)C. The summed E-state index contributed by atoms with van der Waals surface area (Å²) in [6, 6.07) is 5.13. The monoisotopic (exact) mass is 1060 g/mol. The highest BCUT2D eigenvalue weighted by Crippen LogP contribution is 2.64. The number of nitrogens with one attached hydrogen (secondary N) is 1. The summed E-state index contributed by atoms with van der Waals surface area (Å²) in [5.41, 5.74) is -1.78. The number of allylic oxidation sites excluding steroid dienone is 3. The number of alkyl halides is 17. The number of aliphatic hydroxyl groups is 1. The molecule has 0 saturated carbocycles. The molecule has 1 atom stereocenters. The van der Waals surface area contributed by atoms with Crippen LogP contribution in [-0.2, 0) is 28.2 Å². The van der Waals surface area contributed by atoms with E-state index in [4.69, 9.17) is 23.4 Å². The van der Waals surface area contributed by atoms with Gasteiger partial charge in [0.05, 0.1) is 19.8 Å². The normalized spacial score (nSPS) is 15.3. The van der Waals surface area contributed by atoms with Gasteiger partial charge in [-0.05, 0) is 73.2 Å². The molecule has 9 nitrogen and oxygen atoms in total. The van der Waals surface area contributed by atoms with Crippen LogP contribution in [0.15, 0.2) is 65.6 Å². The lowest BCUT2D eigenvalue weighted by Gasteiger charge is -2.44. The van der Waals surface area contributed by atoms with Crippen LogP contribution in [0, 0.1) is 5.92 Å². The number of halogens is 17. The van der Waals surface area contributed by atoms with Gasteiger partial charge in [-0.15, -0.1) is 0 Å². The smallest absolute Gasteiger partial charge is 0.460 e. The van der Waals surface area contributed by atoms with Gasteiger partial charge in [-0.3, -0.25) is 4.79 Å². The first-order valence-electron chi connectivity index (χ1n) is 20.9. The highest BCUT2D eigenvalue weighted by atomic mass is 28.4. The van der Waals surface area contributed by atoms with Gasteiger partial charge in [-0.25, -0.2) is 4.79 Å². The third kappa shape index (κ3) is 14.2. The Labute approximate surface area is 393 Å². The standard InChI is InChI=1S/C43H54F17NO8Si/c1-9-29(23-28(7)11-16-32(62)33(35(64)67-10-2)34(63)61-19-17-30-12-14-31(15-13-30)68-25-66-21-20-65-8)24-69-70(26(3)4,27(5)6)22-18-36(44,45)37(46,47)38(48,49)39(50,51)40(52,53)41(54,55)42(56,57)43(58,59)60/h11-17,19,23,26-27,29,62H,9-10,18,20-22,24-25H2,1-8H3,(H,61,63)/b16-11+,19-17+,28-23+,33-32+/t29-/m0/s1. The minimum Gasteiger partial charge on any atom is -0.507 e. The summed E-state index contributed by atoms with van der Waals surface area (Å²) in [5, 5.41) is 13.1. The number of carbonyl (C=O) groups excluding carboxylic acids is 2. The molecule has 0 aliphatic heterocycles. The topological polar surface area (TPSA) is 113 Å². The van der Waals surface area contributed by atoms with Crippen LogP contribution < -0.4 is 10.1 Å². The summed E-state index contributed by atoms with van der Waals surface area (Å²) in [6.45, 7) is 9.72. The second kappa shape index (κ2) is 24.8. The molecular weight excluding hydrogens is 1010 g/mol. The molecule has 1 rings (SSSR count). The number of ether oxygens (including phenoxy) is 4. The van der Waals surface area contributed by atoms with Crippen molar-refractivity contribution in [3.8, 4) is 5.75 Å². The van der Waals surface area contributed by atoms with E-state index in [-0.39, 0.29) is 25.4 Å². The van der Waals surface area contributed by atoms with E-state index in [9.17, 15) is 80.6 Å². The maximum Gasteiger partial charge on any atom is 0.460 e. The number of rotatable bonds is 29. The fourth-order valence-corrected chi connectivity index (χ4v) is 10.9. The summed E-state index contributed by atoms with van der Waals surface area (Å²) < 4.78 is 263. The van der Waals surface area contributed by atoms with Crippen molar-refractivity contribution in [1.82, 2.24) is 5.32 Å². The molecule has 0 spiro atoms. The first-order valence-corrected chi connectivity index (χ1v) is 23.2. The molecule has 0 unspecified atom stereocenters. The lowest BCUT2D eigenvalue weighted by atomic mass is 9.88. The number of carbonyl (C=O) groups is 2. The molecule has 0 bridgehead atoms. The second-order valence-electron chi connectivity index (χ2n) is 16.2. The summed E-state index contributed by atoms with van der Waals surface area (Å²) in [6.07, 6.45) is -4.04. The van der Waals surface area contributed by atoms with Crippen molar-refractivity contribution in [1.29, 1.82) is 0 Å². The van der Waals surface area contributed by atoms with Crippen molar-refractivity contribution >= 4 is 26.3 Å². The molecule has 70 heavy (non-hydrogen) atoms. The van der Waals surface area contributed by atoms with Crippen LogP contribution in [0.3, 0.4) is 0 Å². The Morgan fingerprint density at radius 1 is 0.743 bits per heavy atom. The predicted octanol–water partition coefficient (Wildman–Crippen LogP) is 12.9. The van der Waals surface area contributed by atoms with Crippen molar-refractivity contribution < 1.29 is 113 Å². The van der Waals surface area contributed by atoms with Gasteiger partial charge in [0.2, 0.25) is 0 Å². The zero-order valence-corrected chi connectivity index (χ0v) is 39.8. The zero-order valence-electron chi connectivity index (χ0n) is 38.8. The molecule has 1 aromatic rings. The van der Waals surface area contributed by atoms with Crippen molar-refractivity contribution in [3.05, 3.63) is 71.2 Å². The molecule has 0 aliphatic rings. The Morgan fingerprint density at radius 3 is 1.73 bits per heavy atom. The lowest BCUT2D eigenvalue weighted by molar-refractivity contribution is -0.461. The number of esters is 1. The largest absolute Gasteiger partial charge is 0.507 e. The maximum atomic E-state index is 15.1. The third-order valence-corrected chi connectivity index (χ3v) is 16.4. The molecule has 0 saturated heterocycles. The van der Waals surface area contributed by atoms with Crippen LogP contribution in [0.4, 0.5) is 74.6 Å². The minimum atomic E-state index is -8.72. The predicted molar refractivity (Wildman–Crippen MR) is 222 cm³/mol. The quantitative estimate of drug-likeness (QED) is 0.00780. The van der Waals surface area contributed by atoms with Gasteiger partial charge in [0.15, 0.2) is 20.7 Å². The van der Waals surface area contributed by atoms with Gasteiger partial charge in [-0.2, -0.15) is 74.6 Å². The minimum absolute atomic E-state index is 0.0361. The molecule has 0 aliphatic carbocycles. The van der Waals surface area contributed by atoms with Crippen LogP contribution in [0.5, 0.6) is 5.75 Å². The van der Waals surface area contributed by atoms with Crippen molar-refractivity contribution in [2.75, 3.05) is 40.3 Å². The van der Waals surface area contributed by atoms with E-state index < -0.39 is 115 Å². The van der Waals surface area contributed by atoms with Crippen LogP contribution in [0.1, 0.15) is 66.9 Å². The summed E-state index contributed by atoms with van der Waals surface area (Å²) >= 11 is 0. The molecule has 0 radical (unpaired) electrons. The molecule has 1 aromatic carbocycles. The Bertz CT molecular complexity index is 1980. The van der Waals surface area contributed by atoms with E-state index in [2.05, 4.69) is 5.32 Å². The molecule has 402 valence electrons. The fourth-order valence-electron chi connectivity index (χ4n) is 6.41. The van der Waals surface area contributed by atoms with Crippen molar-refractivity contribution in [2.45, 2.75) is 126 Å². The van der Waals surface area contributed by atoms with Gasteiger partial charge in [0, 0.05) is 26.3 Å². The van der Waals surface area contributed by atoms with Crippen LogP contribution in [0.25, 0.3) is 6.08 Å². The van der Waals surface area contributed by atoms with E-state index in [1.807, 2.05) is 0 Å². The Balaban J connectivity index is 3.39. The molecule has 1 amide bonds. The van der Waals surface area contributed by atoms with Gasteiger partial charge >= 0.3 is 53.6 Å². The second-order valence-corrected chi connectivity index (χ2v) is 21.2. The van der Waals surface area contributed by atoms with E-state index in [0.717, 1.165) is 6.08 Å². The van der Waals surface area contributed by atoms with Gasteiger partial charge in [0.25, 0.3) is 5.91 Å². The average Bonchev–Trinajstić information content (AvgIpc) is 3.24. The Kier molecular flexibility index (Phi) is 22.6. The highest BCUT2D eigenvalue weighted by Gasteiger charge is 2.95. The van der Waals surface area contributed by atoms with Crippen molar-refractivity contribution in [2.24, 2.45) is 5.92 Å². The number of hydrogen-bond acceptors (Lipinski definition) is 8. The molecule has 0 fully saturated rings. The number of aliphatic hydroxyl groups excluding tert-OH is 1. The number of hydrogen-bond donors (Lipinski definition) is 2.